The summed E-state index contributed by atoms with van der Waals surface area (Å²) in [6, 6.07) is 8.94. The number of imidazole rings is 1. The number of likely N-dealkylation sites (N-methyl/N-ethyl adjacent to an activating group) is 1. The van der Waals surface area contributed by atoms with Gasteiger partial charge in [0.1, 0.15) is 5.82 Å². The van der Waals surface area contributed by atoms with Gasteiger partial charge < -0.3 is 9.88 Å². The van der Waals surface area contributed by atoms with Gasteiger partial charge in [0, 0.05) is 19.5 Å². The number of para-hydroxylation sites is 2. The van der Waals surface area contributed by atoms with E-state index in [1.54, 1.807) is 0 Å². The summed E-state index contributed by atoms with van der Waals surface area (Å²) in [7, 11) is 4.20. The molecule has 0 amide bonds. The van der Waals surface area contributed by atoms with Crippen LogP contribution in [0, 0.1) is 5.92 Å². The van der Waals surface area contributed by atoms with Gasteiger partial charge in [0.2, 0.25) is 0 Å². The Bertz CT molecular complexity index is 554. The quantitative estimate of drug-likeness (QED) is 0.892. The molecule has 1 aliphatic carbocycles. The molecule has 1 saturated carbocycles. The first-order valence-corrected chi connectivity index (χ1v) is 7.35. The summed E-state index contributed by atoms with van der Waals surface area (Å²) in [5, 5.41) is 3.47. The van der Waals surface area contributed by atoms with Gasteiger partial charge in [0.05, 0.1) is 11.0 Å². The lowest BCUT2D eigenvalue weighted by Gasteiger charge is -2.29. The fourth-order valence-electron chi connectivity index (χ4n) is 3.03. The molecule has 1 heterocycles. The van der Waals surface area contributed by atoms with E-state index in [2.05, 4.69) is 48.2 Å². The van der Waals surface area contributed by atoms with Gasteiger partial charge in [0.25, 0.3) is 0 Å². The molecule has 102 valence electrons. The molecule has 3 nitrogen and oxygen atoms in total. The van der Waals surface area contributed by atoms with Gasteiger partial charge in [-0.1, -0.05) is 31.4 Å². The van der Waals surface area contributed by atoms with Crippen LogP contribution in [0.3, 0.4) is 0 Å². The first-order valence-electron chi connectivity index (χ1n) is 7.35. The molecule has 0 radical (unpaired) electrons. The highest BCUT2D eigenvalue weighted by Crippen LogP contribution is 2.31. The Hall–Kier alpha value is -1.35. The van der Waals surface area contributed by atoms with Crippen LogP contribution in [0.5, 0.6) is 0 Å². The summed E-state index contributed by atoms with van der Waals surface area (Å²) in [6.45, 7) is 0. The number of nitrogens with zero attached hydrogens (tertiary/aromatic N) is 2. The van der Waals surface area contributed by atoms with Crippen LogP contribution in [-0.4, -0.2) is 22.6 Å². The summed E-state index contributed by atoms with van der Waals surface area (Å²) in [4.78, 5) is 4.77. The number of hydrogen-bond donors (Lipinski definition) is 1. The van der Waals surface area contributed by atoms with Crippen molar-refractivity contribution in [3.63, 3.8) is 0 Å². The van der Waals surface area contributed by atoms with Crippen molar-refractivity contribution in [3.05, 3.63) is 30.1 Å². The first-order chi connectivity index (χ1) is 9.28. The number of aryl methyl sites for hydroxylation is 1. The standard InChI is InChI=1S/C16H23N3/c1-17-13(10-12-6-5-7-12)11-16-18-14-8-3-4-9-15(14)19(16)2/h3-4,8-9,12-13,17H,5-7,10-11H2,1-2H3. The van der Waals surface area contributed by atoms with Crippen molar-refractivity contribution in [3.8, 4) is 0 Å². The molecule has 0 spiro atoms. The molecule has 3 heteroatoms. The van der Waals surface area contributed by atoms with Crippen LogP contribution in [0.2, 0.25) is 0 Å². The van der Waals surface area contributed by atoms with E-state index in [0.717, 1.165) is 17.9 Å². The van der Waals surface area contributed by atoms with Gasteiger partial charge in [-0.2, -0.15) is 0 Å². The summed E-state index contributed by atoms with van der Waals surface area (Å²) in [6.07, 6.45) is 6.58. The van der Waals surface area contributed by atoms with E-state index < -0.39 is 0 Å². The van der Waals surface area contributed by atoms with Crippen LogP contribution in [0.25, 0.3) is 11.0 Å². The third-order valence-electron chi connectivity index (χ3n) is 4.56. The number of nitrogens with one attached hydrogen (secondary N) is 1. The van der Waals surface area contributed by atoms with E-state index in [0.29, 0.717) is 6.04 Å². The topological polar surface area (TPSA) is 29.9 Å². The average Bonchev–Trinajstić information content (AvgIpc) is 2.70. The van der Waals surface area contributed by atoms with Crippen molar-refractivity contribution in [2.24, 2.45) is 13.0 Å². The maximum atomic E-state index is 4.77. The lowest BCUT2D eigenvalue weighted by Crippen LogP contribution is -2.32. The maximum absolute atomic E-state index is 4.77. The van der Waals surface area contributed by atoms with Gasteiger partial charge in [-0.25, -0.2) is 4.98 Å². The van der Waals surface area contributed by atoms with Crippen LogP contribution >= 0.6 is 0 Å². The molecular formula is C16H23N3. The summed E-state index contributed by atoms with van der Waals surface area (Å²) in [5.74, 6) is 2.13. The Morgan fingerprint density at radius 1 is 1.37 bits per heavy atom. The Morgan fingerprint density at radius 2 is 2.16 bits per heavy atom. The first kappa shape index (κ1) is 12.7. The highest BCUT2D eigenvalue weighted by Gasteiger charge is 2.22. The molecule has 1 unspecified atom stereocenters. The van der Waals surface area contributed by atoms with Crippen LogP contribution in [0.15, 0.2) is 24.3 Å². The lowest BCUT2D eigenvalue weighted by atomic mass is 9.80. The number of rotatable bonds is 5. The van der Waals surface area contributed by atoms with E-state index in [9.17, 15) is 0 Å². The molecule has 0 aliphatic heterocycles. The molecule has 1 aromatic carbocycles. The molecule has 0 saturated heterocycles. The molecule has 19 heavy (non-hydrogen) atoms. The van der Waals surface area contributed by atoms with Crippen molar-refractivity contribution in [1.82, 2.24) is 14.9 Å². The van der Waals surface area contributed by atoms with E-state index >= 15 is 0 Å². The van der Waals surface area contributed by atoms with E-state index in [-0.39, 0.29) is 0 Å². The molecular weight excluding hydrogens is 234 g/mol. The van der Waals surface area contributed by atoms with Crippen LogP contribution < -0.4 is 5.32 Å². The average molecular weight is 257 g/mol. The van der Waals surface area contributed by atoms with E-state index in [1.165, 1.54) is 37.0 Å². The highest BCUT2D eigenvalue weighted by molar-refractivity contribution is 5.75. The fourth-order valence-corrected chi connectivity index (χ4v) is 3.03. The Labute approximate surface area is 115 Å². The second-order valence-corrected chi connectivity index (χ2v) is 5.80. The van der Waals surface area contributed by atoms with Gasteiger partial charge in [0.15, 0.2) is 0 Å². The van der Waals surface area contributed by atoms with Gasteiger partial charge in [-0.15, -0.1) is 0 Å². The van der Waals surface area contributed by atoms with Crippen molar-refractivity contribution < 1.29 is 0 Å². The number of hydrogen-bond acceptors (Lipinski definition) is 2. The monoisotopic (exact) mass is 257 g/mol. The zero-order valence-electron chi connectivity index (χ0n) is 11.9. The predicted octanol–water partition coefficient (Wildman–Crippen LogP) is 2.89. The molecule has 0 bridgehead atoms. The minimum atomic E-state index is 0.556. The number of aromatic nitrogens is 2. The predicted molar refractivity (Wildman–Crippen MR) is 79.2 cm³/mol. The normalized spacial score (nSPS) is 17.6. The van der Waals surface area contributed by atoms with Gasteiger partial charge >= 0.3 is 0 Å². The summed E-state index contributed by atoms with van der Waals surface area (Å²) < 4.78 is 2.24. The van der Waals surface area contributed by atoms with E-state index in [4.69, 9.17) is 4.98 Å². The third-order valence-corrected chi connectivity index (χ3v) is 4.56. The minimum Gasteiger partial charge on any atom is -0.331 e. The molecule has 1 atom stereocenters. The Morgan fingerprint density at radius 3 is 2.79 bits per heavy atom. The molecule has 1 fully saturated rings. The lowest BCUT2D eigenvalue weighted by molar-refractivity contribution is 0.262. The summed E-state index contributed by atoms with van der Waals surface area (Å²) >= 11 is 0. The zero-order valence-corrected chi connectivity index (χ0v) is 11.9. The second kappa shape index (κ2) is 5.33. The third kappa shape index (κ3) is 2.52. The van der Waals surface area contributed by atoms with Crippen molar-refractivity contribution >= 4 is 11.0 Å². The maximum Gasteiger partial charge on any atom is 0.111 e. The molecule has 3 rings (SSSR count). The smallest absolute Gasteiger partial charge is 0.111 e. The van der Waals surface area contributed by atoms with Gasteiger partial charge in [-0.3, -0.25) is 0 Å². The second-order valence-electron chi connectivity index (χ2n) is 5.80. The zero-order chi connectivity index (χ0) is 13.2. The molecule has 1 N–H and O–H groups in total. The molecule has 2 aromatic rings. The molecule has 1 aliphatic rings. The van der Waals surface area contributed by atoms with E-state index in [1.807, 2.05) is 0 Å². The minimum absolute atomic E-state index is 0.556. The Balaban J connectivity index is 1.77. The number of fused-ring (bicyclic) bond motifs is 1. The molecule has 1 aromatic heterocycles. The van der Waals surface area contributed by atoms with Crippen molar-refractivity contribution in [1.29, 1.82) is 0 Å². The largest absolute Gasteiger partial charge is 0.331 e. The highest BCUT2D eigenvalue weighted by atomic mass is 15.1. The van der Waals surface area contributed by atoms with Crippen LogP contribution in [0.1, 0.15) is 31.5 Å². The van der Waals surface area contributed by atoms with Crippen LogP contribution in [0.4, 0.5) is 0 Å². The SMILES string of the molecule is CNC(Cc1nc2ccccc2n1C)CC1CCC1. The van der Waals surface area contributed by atoms with Crippen LogP contribution in [-0.2, 0) is 13.5 Å². The summed E-state index contributed by atoms with van der Waals surface area (Å²) in [5.41, 5.74) is 2.34. The Kier molecular flexibility index (Phi) is 3.56. The fraction of sp³-hybridized carbons (Fsp3) is 0.562. The van der Waals surface area contributed by atoms with Crippen molar-refractivity contribution in [2.45, 2.75) is 38.1 Å². The van der Waals surface area contributed by atoms with Gasteiger partial charge in [-0.05, 0) is 31.5 Å². The number of benzene rings is 1. The van der Waals surface area contributed by atoms with Crippen molar-refractivity contribution in [2.75, 3.05) is 7.05 Å².